The molecule has 2 aliphatic rings. The lowest BCUT2D eigenvalue weighted by atomic mass is 9.99. The van der Waals surface area contributed by atoms with E-state index in [2.05, 4.69) is 9.97 Å². The molecule has 11 nitrogen and oxygen atoms in total. The number of rotatable bonds is 6. The zero-order valence-corrected chi connectivity index (χ0v) is 26.3. The van der Waals surface area contributed by atoms with Gasteiger partial charge in [0.05, 0.1) is 43.0 Å². The largest absolute Gasteiger partial charge is 0.487 e. The van der Waals surface area contributed by atoms with E-state index in [1.807, 2.05) is 0 Å². The van der Waals surface area contributed by atoms with Crippen LogP contribution < -0.4 is 19.8 Å². The molecular formula is C35H31F3N4O7. The molecule has 14 heteroatoms. The van der Waals surface area contributed by atoms with Crippen LogP contribution in [-0.4, -0.2) is 64.8 Å². The van der Waals surface area contributed by atoms with Crippen molar-refractivity contribution in [3.63, 3.8) is 0 Å². The zero-order valence-electron chi connectivity index (χ0n) is 26.3. The Balaban J connectivity index is 1.14. The number of carbonyl (C=O) groups is 1. The number of nitrogens with zero attached hydrogens (tertiary/aromatic N) is 4. The molecule has 7 rings (SSSR count). The van der Waals surface area contributed by atoms with Gasteiger partial charge in [0.2, 0.25) is 5.88 Å². The maximum Gasteiger partial charge on any atom is 0.282 e. The van der Waals surface area contributed by atoms with Crippen molar-refractivity contribution in [1.82, 2.24) is 19.3 Å². The summed E-state index contributed by atoms with van der Waals surface area (Å²) in [7, 11) is 0. The number of Topliss-reactive ketones (excluding diaryl/α,β-unsaturated/α-hetero) is 1. The summed E-state index contributed by atoms with van der Waals surface area (Å²) in [6, 6.07) is 10.2. The molecule has 0 unspecified atom stereocenters. The zero-order chi connectivity index (χ0) is 33.9. The minimum atomic E-state index is -0.796. The second-order valence-electron chi connectivity index (χ2n) is 11.5. The summed E-state index contributed by atoms with van der Waals surface area (Å²) in [6.45, 7) is 2.48. The van der Waals surface area contributed by atoms with Crippen molar-refractivity contribution >= 4 is 16.7 Å². The number of fused-ring (bicyclic) bond motifs is 3. The fourth-order valence-corrected chi connectivity index (χ4v) is 6.00. The molecule has 0 saturated heterocycles. The van der Waals surface area contributed by atoms with Gasteiger partial charge in [0.25, 0.3) is 5.56 Å². The first kappa shape index (κ1) is 32.3. The van der Waals surface area contributed by atoms with Gasteiger partial charge < -0.3 is 23.7 Å². The minimum absolute atomic E-state index is 0.0652. The van der Waals surface area contributed by atoms with E-state index in [9.17, 15) is 18.4 Å². The highest BCUT2D eigenvalue weighted by molar-refractivity contribution is 5.98. The van der Waals surface area contributed by atoms with Crippen LogP contribution in [0.15, 0.2) is 59.7 Å². The maximum absolute atomic E-state index is 15.5. The summed E-state index contributed by atoms with van der Waals surface area (Å²) in [5.41, 5.74) is 0.0689. The standard InChI is InChI=1S/C35H31F3N4O7/c36-22-5-6-24(37)28(17-22)42-35(44)33(27-3-1-2-8-41(27)42)29(43)16-21-4-7-30(25(38)15-21)49-34-23-18-31-32(19-26(23)39-20-40-34)48-14-12-46-10-9-45-11-13-47-31/h4-7,15,17-20H,1-3,8-14,16H2. The van der Waals surface area contributed by atoms with Gasteiger partial charge >= 0.3 is 0 Å². The molecule has 0 radical (unpaired) electrons. The number of ketones is 1. The Bertz CT molecular complexity index is 2100. The Labute approximate surface area is 277 Å². The van der Waals surface area contributed by atoms with E-state index in [-0.39, 0.29) is 48.1 Å². The molecule has 0 aliphatic carbocycles. The number of hydrogen-bond donors (Lipinski definition) is 0. The Morgan fingerprint density at radius 3 is 2.37 bits per heavy atom. The lowest BCUT2D eigenvalue weighted by Gasteiger charge is -2.19. The first-order valence-corrected chi connectivity index (χ1v) is 15.9. The van der Waals surface area contributed by atoms with Crippen LogP contribution in [0.25, 0.3) is 16.6 Å². The van der Waals surface area contributed by atoms with Gasteiger partial charge in [0.15, 0.2) is 28.8 Å². The molecule has 5 aromatic rings. The third kappa shape index (κ3) is 6.74. The van der Waals surface area contributed by atoms with Crippen LogP contribution >= 0.6 is 0 Å². The smallest absolute Gasteiger partial charge is 0.282 e. The fourth-order valence-electron chi connectivity index (χ4n) is 6.00. The van der Waals surface area contributed by atoms with E-state index in [1.54, 1.807) is 12.1 Å². The SMILES string of the molecule is O=C(Cc1ccc(Oc2ncnc3cc4c(cc23)OCCOCCOCCO4)c(F)c1)c1c2n(n(-c3cc(F)ccc3F)c1=O)CCCC2. The molecule has 254 valence electrons. The highest BCUT2D eigenvalue weighted by Gasteiger charge is 2.29. The summed E-state index contributed by atoms with van der Waals surface area (Å²) >= 11 is 0. The third-order valence-electron chi connectivity index (χ3n) is 8.27. The lowest BCUT2D eigenvalue weighted by molar-refractivity contribution is 0.0224. The molecule has 2 aliphatic heterocycles. The summed E-state index contributed by atoms with van der Waals surface area (Å²) in [4.78, 5) is 35.7. The lowest BCUT2D eigenvalue weighted by Crippen LogP contribution is -2.25. The predicted molar refractivity (Wildman–Crippen MR) is 170 cm³/mol. The van der Waals surface area contributed by atoms with Gasteiger partial charge in [-0.15, -0.1) is 0 Å². The van der Waals surface area contributed by atoms with Crippen molar-refractivity contribution in [2.24, 2.45) is 0 Å². The second kappa shape index (κ2) is 14.1. The molecule has 0 saturated carbocycles. The molecule has 4 heterocycles. The van der Waals surface area contributed by atoms with Crippen LogP contribution in [0.2, 0.25) is 0 Å². The van der Waals surface area contributed by atoms with Crippen LogP contribution in [0.1, 0.15) is 34.5 Å². The summed E-state index contributed by atoms with van der Waals surface area (Å²) in [5.74, 6) is -2.09. The average Bonchev–Trinajstić information content (AvgIpc) is 3.38. The molecule has 0 atom stereocenters. The van der Waals surface area contributed by atoms with Gasteiger partial charge in [-0.1, -0.05) is 6.07 Å². The number of ether oxygens (including phenoxy) is 5. The van der Waals surface area contributed by atoms with Gasteiger partial charge in [-0.3, -0.25) is 14.3 Å². The van der Waals surface area contributed by atoms with Gasteiger partial charge in [-0.25, -0.2) is 27.8 Å². The molecule has 0 amide bonds. The van der Waals surface area contributed by atoms with Crippen molar-refractivity contribution in [1.29, 1.82) is 0 Å². The van der Waals surface area contributed by atoms with Crippen molar-refractivity contribution < 1.29 is 41.7 Å². The quantitative estimate of drug-likeness (QED) is 0.219. The Morgan fingerprint density at radius 1 is 0.837 bits per heavy atom. The maximum atomic E-state index is 15.5. The number of carbonyl (C=O) groups excluding carboxylic acids is 1. The fraction of sp³-hybridized carbons (Fsp3) is 0.314. The number of halogens is 3. The van der Waals surface area contributed by atoms with Crippen LogP contribution in [0.5, 0.6) is 23.1 Å². The van der Waals surface area contributed by atoms with Gasteiger partial charge in [0.1, 0.15) is 42.4 Å². The Hall–Kier alpha value is -5.21. The third-order valence-corrected chi connectivity index (χ3v) is 8.27. The Kier molecular flexibility index (Phi) is 9.31. The normalized spacial score (nSPS) is 15.2. The summed E-state index contributed by atoms with van der Waals surface area (Å²) in [6.07, 6.45) is 2.82. The molecule has 0 bridgehead atoms. The van der Waals surface area contributed by atoms with Crippen molar-refractivity contribution in [2.75, 3.05) is 39.6 Å². The molecule has 0 N–H and O–H groups in total. The first-order chi connectivity index (χ1) is 23.9. The summed E-state index contributed by atoms with van der Waals surface area (Å²) in [5, 5.41) is 0.442. The molecular weight excluding hydrogens is 645 g/mol. The topological polar surface area (TPSA) is 116 Å². The second-order valence-corrected chi connectivity index (χ2v) is 11.5. The molecule has 2 aromatic heterocycles. The van der Waals surface area contributed by atoms with Crippen LogP contribution in [0, 0.1) is 17.5 Å². The minimum Gasteiger partial charge on any atom is -0.487 e. The van der Waals surface area contributed by atoms with E-state index in [4.69, 9.17) is 23.7 Å². The van der Waals surface area contributed by atoms with E-state index >= 15 is 4.39 Å². The predicted octanol–water partition coefficient (Wildman–Crippen LogP) is 5.36. The molecule has 0 fully saturated rings. The number of hydrogen-bond acceptors (Lipinski definition) is 9. The highest BCUT2D eigenvalue weighted by Crippen LogP contribution is 2.37. The number of aromatic nitrogens is 4. The van der Waals surface area contributed by atoms with Crippen LogP contribution in [0.4, 0.5) is 13.2 Å². The highest BCUT2D eigenvalue weighted by atomic mass is 19.1. The molecule has 0 spiro atoms. The Morgan fingerprint density at radius 2 is 1.59 bits per heavy atom. The van der Waals surface area contributed by atoms with Gasteiger partial charge in [0, 0.05) is 25.1 Å². The van der Waals surface area contributed by atoms with E-state index in [0.717, 1.165) is 35.4 Å². The van der Waals surface area contributed by atoms with Crippen molar-refractivity contribution in [2.45, 2.75) is 32.2 Å². The monoisotopic (exact) mass is 676 g/mol. The van der Waals surface area contributed by atoms with Gasteiger partial charge in [-0.2, -0.15) is 0 Å². The average molecular weight is 677 g/mol. The molecule has 49 heavy (non-hydrogen) atoms. The number of benzene rings is 3. The van der Waals surface area contributed by atoms with E-state index in [0.29, 0.717) is 73.9 Å². The van der Waals surface area contributed by atoms with Crippen LogP contribution in [0.3, 0.4) is 0 Å². The molecule has 3 aromatic carbocycles. The first-order valence-electron chi connectivity index (χ1n) is 15.9. The summed E-state index contributed by atoms with van der Waals surface area (Å²) < 4.78 is 75.4. The van der Waals surface area contributed by atoms with E-state index < -0.39 is 28.8 Å². The van der Waals surface area contributed by atoms with E-state index in [1.165, 1.54) is 23.1 Å². The van der Waals surface area contributed by atoms with Crippen LogP contribution in [-0.2, 0) is 28.9 Å². The van der Waals surface area contributed by atoms with Crippen molar-refractivity contribution in [3.05, 3.63) is 99.5 Å². The van der Waals surface area contributed by atoms with Gasteiger partial charge in [-0.05, 0) is 55.2 Å². The van der Waals surface area contributed by atoms with Crippen molar-refractivity contribution in [3.8, 4) is 28.8 Å².